The third-order valence-corrected chi connectivity index (χ3v) is 6.70. The standard InChI is InChI=1S/C27H31ClN6O/c1-18-17-32(12-13-33(18)24(35)16-27(2,3)4)26-29-22-15-20(28)10-11-21(22)25-31-30-23(34(25)26)14-19-8-6-5-7-9-19/h5-11,15,18H,12-14,16-17H2,1-4H3. The highest BCUT2D eigenvalue weighted by atomic mass is 35.5. The van der Waals surface area contributed by atoms with Crippen molar-refractivity contribution in [3.05, 3.63) is 64.9 Å². The number of hydrogen-bond donors (Lipinski definition) is 0. The lowest BCUT2D eigenvalue weighted by Gasteiger charge is -2.41. The first-order valence-electron chi connectivity index (χ1n) is 12.1. The Morgan fingerprint density at radius 1 is 1.09 bits per heavy atom. The summed E-state index contributed by atoms with van der Waals surface area (Å²) in [5.74, 6) is 1.84. The Labute approximate surface area is 210 Å². The Morgan fingerprint density at radius 2 is 1.86 bits per heavy atom. The van der Waals surface area contributed by atoms with Crippen LogP contribution in [0.3, 0.4) is 0 Å². The second kappa shape index (κ2) is 9.11. The predicted molar refractivity (Wildman–Crippen MR) is 140 cm³/mol. The first-order valence-corrected chi connectivity index (χ1v) is 12.5. The summed E-state index contributed by atoms with van der Waals surface area (Å²) in [5, 5.41) is 10.7. The van der Waals surface area contributed by atoms with Gasteiger partial charge in [0, 0.05) is 48.9 Å². The monoisotopic (exact) mass is 490 g/mol. The first-order chi connectivity index (χ1) is 16.7. The van der Waals surface area contributed by atoms with Crippen LogP contribution in [0.5, 0.6) is 0 Å². The minimum Gasteiger partial charge on any atom is -0.338 e. The van der Waals surface area contributed by atoms with Gasteiger partial charge in [-0.1, -0.05) is 62.7 Å². The van der Waals surface area contributed by atoms with Crippen LogP contribution in [0.1, 0.15) is 45.5 Å². The van der Waals surface area contributed by atoms with Crippen LogP contribution in [0.25, 0.3) is 16.6 Å². The van der Waals surface area contributed by atoms with Gasteiger partial charge < -0.3 is 9.80 Å². The summed E-state index contributed by atoms with van der Waals surface area (Å²) in [7, 11) is 0. The second-order valence-corrected chi connectivity index (χ2v) is 11.1. The maximum atomic E-state index is 13.0. The molecule has 0 aliphatic carbocycles. The van der Waals surface area contributed by atoms with Gasteiger partial charge in [0.25, 0.3) is 0 Å². The van der Waals surface area contributed by atoms with E-state index in [2.05, 4.69) is 59.3 Å². The summed E-state index contributed by atoms with van der Waals surface area (Å²) in [4.78, 5) is 22.3. The highest BCUT2D eigenvalue weighted by molar-refractivity contribution is 6.31. The molecule has 1 aliphatic heterocycles. The van der Waals surface area contributed by atoms with Crippen LogP contribution >= 0.6 is 11.6 Å². The van der Waals surface area contributed by atoms with Crippen molar-refractivity contribution in [3.63, 3.8) is 0 Å². The fourth-order valence-corrected chi connectivity index (χ4v) is 4.98. The number of benzene rings is 2. The van der Waals surface area contributed by atoms with Gasteiger partial charge in [0.1, 0.15) is 5.82 Å². The van der Waals surface area contributed by atoms with E-state index in [1.54, 1.807) is 0 Å². The minimum atomic E-state index is -0.0336. The van der Waals surface area contributed by atoms with Crippen LogP contribution in [0.15, 0.2) is 48.5 Å². The van der Waals surface area contributed by atoms with Crippen LogP contribution in [0.2, 0.25) is 5.02 Å². The molecule has 5 rings (SSSR count). The molecule has 182 valence electrons. The minimum absolute atomic E-state index is 0.0336. The average Bonchev–Trinajstić information content (AvgIpc) is 3.21. The van der Waals surface area contributed by atoms with Gasteiger partial charge in [0.05, 0.1) is 5.52 Å². The van der Waals surface area contributed by atoms with E-state index in [1.807, 2.05) is 41.3 Å². The molecule has 3 heterocycles. The molecule has 1 saturated heterocycles. The van der Waals surface area contributed by atoms with Crippen molar-refractivity contribution in [2.24, 2.45) is 5.41 Å². The number of piperazine rings is 1. The van der Waals surface area contributed by atoms with Crippen LogP contribution in [0, 0.1) is 5.41 Å². The van der Waals surface area contributed by atoms with E-state index in [9.17, 15) is 4.79 Å². The Morgan fingerprint density at radius 3 is 2.57 bits per heavy atom. The van der Waals surface area contributed by atoms with Crippen LogP contribution in [0.4, 0.5) is 5.95 Å². The Hall–Kier alpha value is -3.19. The Kier molecular flexibility index (Phi) is 6.13. The van der Waals surface area contributed by atoms with E-state index in [0.717, 1.165) is 33.9 Å². The summed E-state index contributed by atoms with van der Waals surface area (Å²) in [6.45, 7) is 10.5. The number of halogens is 1. The molecule has 1 fully saturated rings. The van der Waals surface area contributed by atoms with E-state index in [1.165, 1.54) is 0 Å². The molecule has 0 radical (unpaired) electrons. The molecule has 2 aromatic carbocycles. The van der Waals surface area contributed by atoms with Crippen LogP contribution in [-0.2, 0) is 11.2 Å². The molecule has 7 nitrogen and oxygen atoms in total. The van der Waals surface area contributed by atoms with Gasteiger partial charge in [-0.3, -0.25) is 4.79 Å². The number of carbonyl (C=O) groups is 1. The van der Waals surface area contributed by atoms with Crippen molar-refractivity contribution in [1.82, 2.24) is 24.5 Å². The summed E-state index contributed by atoms with van der Waals surface area (Å²) in [6, 6.07) is 16.0. The SMILES string of the molecule is CC1CN(c2nc3cc(Cl)ccc3c3nnc(Cc4ccccc4)n23)CCN1C(=O)CC(C)(C)C. The lowest BCUT2D eigenvalue weighted by molar-refractivity contribution is -0.135. The van der Waals surface area contributed by atoms with E-state index < -0.39 is 0 Å². The molecule has 1 aliphatic rings. The zero-order valence-corrected chi connectivity index (χ0v) is 21.5. The highest BCUT2D eigenvalue weighted by Gasteiger charge is 2.31. The van der Waals surface area contributed by atoms with Crippen molar-refractivity contribution in [2.45, 2.75) is 46.6 Å². The molecule has 0 bridgehead atoms. The smallest absolute Gasteiger partial charge is 0.223 e. The lowest BCUT2D eigenvalue weighted by atomic mass is 9.91. The van der Waals surface area contributed by atoms with Gasteiger partial charge in [-0.25, -0.2) is 9.38 Å². The number of anilines is 1. The summed E-state index contributed by atoms with van der Waals surface area (Å²) in [6.07, 6.45) is 1.19. The Balaban J connectivity index is 1.54. The average molecular weight is 491 g/mol. The van der Waals surface area contributed by atoms with E-state index in [0.29, 0.717) is 37.5 Å². The molecule has 0 spiro atoms. The zero-order valence-electron chi connectivity index (χ0n) is 20.7. The molecule has 4 aromatic rings. The first kappa shape index (κ1) is 23.5. The molecule has 8 heteroatoms. The highest BCUT2D eigenvalue weighted by Crippen LogP contribution is 2.29. The zero-order chi connectivity index (χ0) is 24.7. The van der Waals surface area contributed by atoms with Gasteiger partial charge in [-0.05, 0) is 36.1 Å². The number of fused-ring (bicyclic) bond motifs is 3. The summed E-state index contributed by atoms with van der Waals surface area (Å²) in [5.41, 5.74) is 2.69. The normalized spacial score (nSPS) is 16.9. The maximum Gasteiger partial charge on any atom is 0.223 e. The number of nitrogens with zero attached hydrogens (tertiary/aromatic N) is 6. The van der Waals surface area contributed by atoms with Gasteiger partial charge in [-0.2, -0.15) is 0 Å². The fraction of sp³-hybridized carbons (Fsp3) is 0.407. The predicted octanol–water partition coefficient (Wildman–Crippen LogP) is 5.00. The molecule has 0 saturated carbocycles. The van der Waals surface area contributed by atoms with E-state index in [4.69, 9.17) is 16.6 Å². The molecule has 1 amide bonds. The van der Waals surface area contributed by atoms with Crippen molar-refractivity contribution in [2.75, 3.05) is 24.5 Å². The maximum absolute atomic E-state index is 13.0. The Bertz CT molecular complexity index is 1380. The fourth-order valence-electron chi connectivity index (χ4n) is 4.82. The van der Waals surface area contributed by atoms with E-state index in [-0.39, 0.29) is 17.4 Å². The molecule has 1 atom stereocenters. The van der Waals surface area contributed by atoms with Gasteiger partial charge >= 0.3 is 0 Å². The van der Waals surface area contributed by atoms with E-state index >= 15 is 0 Å². The van der Waals surface area contributed by atoms with Crippen molar-refractivity contribution < 1.29 is 4.79 Å². The van der Waals surface area contributed by atoms with Gasteiger partial charge in [0.15, 0.2) is 5.65 Å². The number of aromatic nitrogens is 4. The quantitative estimate of drug-likeness (QED) is 0.403. The molecule has 1 unspecified atom stereocenters. The van der Waals surface area contributed by atoms with Crippen LogP contribution in [-0.4, -0.2) is 56.1 Å². The number of hydrogen-bond acceptors (Lipinski definition) is 5. The molecular weight excluding hydrogens is 460 g/mol. The van der Waals surface area contributed by atoms with Gasteiger partial charge in [-0.15, -0.1) is 10.2 Å². The van der Waals surface area contributed by atoms with Crippen molar-refractivity contribution in [1.29, 1.82) is 0 Å². The molecule has 35 heavy (non-hydrogen) atoms. The number of rotatable bonds is 4. The molecular formula is C27H31ClN6O. The van der Waals surface area contributed by atoms with Gasteiger partial charge in [0.2, 0.25) is 11.9 Å². The van der Waals surface area contributed by atoms with Crippen LogP contribution < -0.4 is 4.90 Å². The van der Waals surface area contributed by atoms with Crippen molar-refractivity contribution >= 4 is 40.0 Å². The number of carbonyl (C=O) groups excluding carboxylic acids is 1. The third-order valence-electron chi connectivity index (χ3n) is 6.47. The van der Waals surface area contributed by atoms with Crippen molar-refractivity contribution in [3.8, 4) is 0 Å². The summed E-state index contributed by atoms with van der Waals surface area (Å²) >= 11 is 6.31. The molecule has 0 N–H and O–H groups in total. The lowest BCUT2D eigenvalue weighted by Crippen LogP contribution is -2.55. The topological polar surface area (TPSA) is 66.6 Å². The summed E-state index contributed by atoms with van der Waals surface area (Å²) < 4.78 is 2.07. The molecule has 2 aromatic heterocycles. The largest absolute Gasteiger partial charge is 0.338 e. The third kappa shape index (κ3) is 4.82. The second-order valence-electron chi connectivity index (χ2n) is 10.6. The number of amides is 1.